The van der Waals surface area contributed by atoms with Gasteiger partial charge < -0.3 is 10.1 Å². The second-order valence-corrected chi connectivity index (χ2v) is 2.06. The van der Waals surface area contributed by atoms with Crippen LogP contribution in [-0.4, -0.2) is 33.0 Å². The molecule has 0 aromatic rings. The number of hydrogen-bond acceptors (Lipinski definition) is 3. The Hall–Kier alpha value is -0.670. The fourth-order valence-electron chi connectivity index (χ4n) is 0.635. The van der Waals surface area contributed by atoms with Crippen molar-refractivity contribution >= 4 is 6.21 Å². The summed E-state index contributed by atoms with van der Waals surface area (Å²) in [7, 11) is 1.71. The van der Waals surface area contributed by atoms with Crippen molar-refractivity contribution in [2.75, 3.05) is 26.8 Å². The standard InChI is InChI=1S/C8H16N2O/c1-3-9-6-7-10-5-4-8-11-2/h3,6,10H,1,4-5,7-8H2,2H3. The Morgan fingerprint density at radius 3 is 3.09 bits per heavy atom. The summed E-state index contributed by atoms with van der Waals surface area (Å²) in [6.07, 6.45) is 4.36. The van der Waals surface area contributed by atoms with Gasteiger partial charge in [0.2, 0.25) is 0 Å². The van der Waals surface area contributed by atoms with Crippen molar-refractivity contribution in [1.82, 2.24) is 5.32 Å². The van der Waals surface area contributed by atoms with Crippen molar-refractivity contribution < 1.29 is 4.74 Å². The van der Waals surface area contributed by atoms with E-state index in [1.165, 1.54) is 6.20 Å². The molecule has 0 aliphatic carbocycles. The average molecular weight is 156 g/mol. The van der Waals surface area contributed by atoms with Gasteiger partial charge in [0.1, 0.15) is 0 Å². The minimum absolute atomic E-state index is 0.801. The van der Waals surface area contributed by atoms with Gasteiger partial charge in [-0.1, -0.05) is 6.58 Å². The van der Waals surface area contributed by atoms with Gasteiger partial charge in [0.15, 0.2) is 0 Å². The maximum Gasteiger partial charge on any atom is 0.0474 e. The third-order valence-corrected chi connectivity index (χ3v) is 1.15. The van der Waals surface area contributed by atoms with E-state index in [4.69, 9.17) is 4.74 Å². The van der Waals surface area contributed by atoms with Gasteiger partial charge in [-0.25, -0.2) is 0 Å². The van der Waals surface area contributed by atoms with Crippen molar-refractivity contribution in [2.24, 2.45) is 4.99 Å². The molecule has 0 bridgehead atoms. The van der Waals surface area contributed by atoms with Gasteiger partial charge in [0.05, 0.1) is 0 Å². The van der Waals surface area contributed by atoms with Crippen LogP contribution in [0.25, 0.3) is 0 Å². The lowest BCUT2D eigenvalue weighted by Gasteiger charge is -1.98. The Morgan fingerprint density at radius 2 is 2.45 bits per heavy atom. The lowest BCUT2D eigenvalue weighted by atomic mass is 10.4. The summed E-state index contributed by atoms with van der Waals surface area (Å²) in [6, 6.07) is 0. The van der Waals surface area contributed by atoms with Gasteiger partial charge in [-0.3, -0.25) is 4.99 Å². The molecule has 3 nitrogen and oxygen atoms in total. The molecule has 0 aliphatic rings. The number of rotatable bonds is 7. The number of nitrogens with one attached hydrogen (secondary N) is 1. The molecule has 0 spiro atoms. The number of nitrogens with zero attached hydrogens (tertiary/aromatic N) is 1. The molecule has 0 aliphatic heterocycles. The van der Waals surface area contributed by atoms with Crippen LogP contribution in [0.3, 0.4) is 0 Å². The second kappa shape index (κ2) is 9.33. The first-order valence-corrected chi connectivity index (χ1v) is 3.74. The van der Waals surface area contributed by atoms with Crippen molar-refractivity contribution in [2.45, 2.75) is 6.42 Å². The minimum atomic E-state index is 0.801. The van der Waals surface area contributed by atoms with E-state index in [1.54, 1.807) is 13.3 Å². The summed E-state index contributed by atoms with van der Waals surface area (Å²) >= 11 is 0. The van der Waals surface area contributed by atoms with Crippen LogP contribution < -0.4 is 5.32 Å². The van der Waals surface area contributed by atoms with Crippen LogP contribution in [0.5, 0.6) is 0 Å². The summed E-state index contributed by atoms with van der Waals surface area (Å²) in [4.78, 5) is 3.83. The monoisotopic (exact) mass is 156 g/mol. The molecule has 0 atom stereocenters. The Labute approximate surface area is 68.2 Å². The Kier molecular flexibility index (Phi) is 8.76. The van der Waals surface area contributed by atoms with E-state index in [9.17, 15) is 0 Å². The predicted octanol–water partition coefficient (Wildman–Crippen LogP) is 0.827. The zero-order valence-corrected chi connectivity index (χ0v) is 7.05. The fraction of sp³-hybridized carbons (Fsp3) is 0.625. The molecule has 0 heterocycles. The molecule has 0 aromatic carbocycles. The van der Waals surface area contributed by atoms with Crippen LogP contribution in [0.2, 0.25) is 0 Å². The summed E-state index contributed by atoms with van der Waals surface area (Å²) in [6.45, 7) is 6.04. The normalized spacial score (nSPS) is 10.6. The third kappa shape index (κ3) is 9.33. The quantitative estimate of drug-likeness (QED) is 0.437. The first-order valence-electron chi connectivity index (χ1n) is 3.74. The molecule has 0 unspecified atom stereocenters. The zero-order valence-electron chi connectivity index (χ0n) is 7.05. The number of methoxy groups -OCH3 is 1. The van der Waals surface area contributed by atoms with E-state index in [-0.39, 0.29) is 0 Å². The smallest absolute Gasteiger partial charge is 0.0474 e. The molecule has 0 saturated heterocycles. The SMILES string of the molecule is C=CN=CCNCCCOC. The minimum Gasteiger partial charge on any atom is -0.385 e. The number of hydrogen-bond donors (Lipinski definition) is 1. The van der Waals surface area contributed by atoms with Crippen LogP contribution in [0.1, 0.15) is 6.42 Å². The lowest BCUT2D eigenvalue weighted by molar-refractivity contribution is 0.195. The third-order valence-electron chi connectivity index (χ3n) is 1.15. The molecule has 0 radical (unpaired) electrons. The first-order chi connectivity index (χ1) is 5.41. The second-order valence-electron chi connectivity index (χ2n) is 2.06. The summed E-state index contributed by atoms with van der Waals surface area (Å²) in [5.74, 6) is 0. The largest absolute Gasteiger partial charge is 0.385 e. The van der Waals surface area contributed by atoms with Crippen LogP contribution in [0.15, 0.2) is 17.8 Å². The molecule has 0 aromatic heterocycles. The summed E-state index contributed by atoms with van der Waals surface area (Å²) < 4.78 is 4.88. The topological polar surface area (TPSA) is 33.6 Å². The maximum absolute atomic E-state index is 4.88. The van der Waals surface area contributed by atoms with Gasteiger partial charge >= 0.3 is 0 Å². The van der Waals surface area contributed by atoms with Crippen LogP contribution in [0, 0.1) is 0 Å². The van der Waals surface area contributed by atoms with Crippen LogP contribution in [-0.2, 0) is 4.74 Å². The highest BCUT2D eigenvalue weighted by atomic mass is 16.5. The maximum atomic E-state index is 4.88. The Balaban J connectivity index is 2.90. The van der Waals surface area contributed by atoms with Gasteiger partial charge in [0.25, 0.3) is 0 Å². The van der Waals surface area contributed by atoms with E-state index >= 15 is 0 Å². The van der Waals surface area contributed by atoms with E-state index in [2.05, 4.69) is 16.9 Å². The molecule has 3 heteroatoms. The van der Waals surface area contributed by atoms with Gasteiger partial charge in [0, 0.05) is 32.7 Å². The summed E-state index contributed by atoms with van der Waals surface area (Å²) in [5.41, 5.74) is 0. The highest BCUT2D eigenvalue weighted by Crippen LogP contribution is 1.75. The average Bonchev–Trinajstić information content (AvgIpc) is 2.03. The highest BCUT2D eigenvalue weighted by molar-refractivity contribution is 5.60. The van der Waals surface area contributed by atoms with Crippen LogP contribution in [0.4, 0.5) is 0 Å². The van der Waals surface area contributed by atoms with Gasteiger partial charge in [-0.15, -0.1) is 0 Å². The van der Waals surface area contributed by atoms with Crippen molar-refractivity contribution in [3.05, 3.63) is 12.8 Å². The highest BCUT2D eigenvalue weighted by Gasteiger charge is 1.83. The van der Waals surface area contributed by atoms with Gasteiger partial charge in [-0.05, 0) is 13.0 Å². The van der Waals surface area contributed by atoms with Crippen molar-refractivity contribution in [1.29, 1.82) is 0 Å². The molecule has 1 N–H and O–H groups in total. The van der Waals surface area contributed by atoms with E-state index in [0.29, 0.717) is 0 Å². The van der Waals surface area contributed by atoms with Crippen molar-refractivity contribution in [3.8, 4) is 0 Å². The first kappa shape index (κ1) is 10.3. The lowest BCUT2D eigenvalue weighted by Crippen LogP contribution is -2.18. The van der Waals surface area contributed by atoms with E-state index in [0.717, 1.165) is 26.1 Å². The molecule has 0 rings (SSSR count). The zero-order chi connectivity index (χ0) is 8.36. The molecule has 0 fully saturated rings. The summed E-state index contributed by atoms with van der Waals surface area (Å²) in [5, 5.41) is 3.18. The molecular weight excluding hydrogens is 140 g/mol. The fourth-order valence-corrected chi connectivity index (χ4v) is 0.635. The molecular formula is C8H16N2O. The predicted molar refractivity (Wildman–Crippen MR) is 48.1 cm³/mol. The molecule has 64 valence electrons. The van der Waals surface area contributed by atoms with Crippen molar-refractivity contribution in [3.63, 3.8) is 0 Å². The molecule has 0 amide bonds. The molecule has 0 saturated carbocycles. The molecule has 11 heavy (non-hydrogen) atoms. The Bertz CT molecular complexity index is 113. The number of ether oxygens (including phenoxy) is 1. The van der Waals surface area contributed by atoms with Crippen LogP contribution >= 0.6 is 0 Å². The van der Waals surface area contributed by atoms with E-state index in [1.807, 2.05) is 0 Å². The number of aliphatic imine (C=N–C) groups is 1. The Morgan fingerprint density at radius 1 is 1.64 bits per heavy atom. The van der Waals surface area contributed by atoms with Gasteiger partial charge in [-0.2, -0.15) is 0 Å². The van der Waals surface area contributed by atoms with E-state index < -0.39 is 0 Å².